The molecule has 0 saturated carbocycles. The minimum atomic E-state index is -4.06. The second-order valence-corrected chi connectivity index (χ2v) is 5.63. The van der Waals surface area contributed by atoms with Crippen LogP contribution >= 0.6 is 0 Å². The molecule has 24 heavy (non-hydrogen) atoms. The molecule has 2 amide bonds. The molecule has 0 heterocycles. The first-order valence-corrected chi connectivity index (χ1v) is 8.18. The van der Waals surface area contributed by atoms with E-state index in [4.69, 9.17) is 5.73 Å². The lowest BCUT2D eigenvalue weighted by atomic mass is 10.2. The highest BCUT2D eigenvalue weighted by molar-refractivity contribution is 7.89. The van der Waals surface area contributed by atoms with Gasteiger partial charge in [0.05, 0.1) is 11.3 Å². The standard InChI is InChI=1S/C11H14FN3O4S.2CH5N/c1-14-11(17)9(6-10(13)16)15-20(18,19)8-4-2-7(12)3-5-8;2*1-2/h2-5,9,15H,6H2,1H3,(H2,13,16)(H,14,17);2*2H2,1H3/t9-;;/m0../s1. The van der Waals surface area contributed by atoms with E-state index in [1.165, 1.54) is 21.1 Å². The van der Waals surface area contributed by atoms with Gasteiger partial charge in [0.2, 0.25) is 21.8 Å². The number of nitrogens with two attached hydrogens (primary N) is 3. The molecule has 1 aromatic carbocycles. The molecule has 0 aliphatic carbocycles. The molecule has 9 nitrogen and oxygen atoms in total. The number of nitrogens with one attached hydrogen (secondary N) is 2. The molecule has 0 spiro atoms. The minimum Gasteiger partial charge on any atom is -0.370 e. The molecule has 11 heteroatoms. The molecule has 0 aromatic heterocycles. The Hall–Kier alpha value is -2.08. The molecular formula is C13H24FN5O4S. The maximum atomic E-state index is 12.8. The summed E-state index contributed by atoms with van der Waals surface area (Å²) in [6.07, 6.45) is -0.486. The van der Waals surface area contributed by atoms with Crippen molar-refractivity contribution in [2.75, 3.05) is 21.1 Å². The largest absolute Gasteiger partial charge is 0.370 e. The molecule has 0 unspecified atom stereocenters. The highest BCUT2D eigenvalue weighted by Gasteiger charge is 2.26. The highest BCUT2D eigenvalue weighted by Crippen LogP contribution is 2.11. The van der Waals surface area contributed by atoms with E-state index in [0.29, 0.717) is 0 Å². The van der Waals surface area contributed by atoms with Crippen molar-refractivity contribution in [3.05, 3.63) is 30.1 Å². The summed E-state index contributed by atoms with van der Waals surface area (Å²) >= 11 is 0. The number of primary amides is 1. The van der Waals surface area contributed by atoms with Crippen LogP contribution < -0.4 is 27.2 Å². The van der Waals surface area contributed by atoms with E-state index in [1.807, 2.05) is 4.72 Å². The summed E-state index contributed by atoms with van der Waals surface area (Å²) in [4.78, 5) is 22.1. The zero-order valence-electron chi connectivity index (χ0n) is 13.7. The van der Waals surface area contributed by atoms with Crippen LogP contribution in [-0.2, 0) is 19.6 Å². The molecule has 0 aliphatic rings. The van der Waals surface area contributed by atoms with Gasteiger partial charge < -0.3 is 22.5 Å². The smallest absolute Gasteiger partial charge is 0.241 e. The predicted octanol–water partition coefficient (Wildman–Crippen LogP) is -1.76. The molecule has 0 fully saturated rings. The van der Waals surface area contributed by atoms with Crippen LogP contribution in [0.4, 0.5) is 4.39 Å². The van der Waals surface area contributed by atoms with Gasteiger partial charge in [0.25, 0.3) is 0 Å². The number of halogens is 1. The Morgan fingerprint density at radius 1 is 1.12 bits per heavy atom. The van der Waals surface area contributed by atoms with Gasteiger partial charge in [-0.3, -0.25) is 9.59 Å². The predicted molar refractivity (Wildman–Crippen MR) is 88.6 cm³/mol. The molecule has 0 radical (unpaired) electrons. The number of amides is 2. The fraction of sp³-hybridized carbons (Fsp3) is 0.385. The summed E-state index contributed by atoms with van der Waals surface area (Å²) in [6, 6.07) is 2.70. The second-order valence-electron chi connectivity index (χ2n) is 3.91. The van der Waals surface area contributed by atoms with E-state index in [2.05, 4.69) is 16.8 Å². The highest BCUT2D eigenvalue weighted by atomic mass is 32.2. The van der Waals surface area contributed by atoms with Crippen molar-refractivity contribution in [3.63, 3.8) is 0 Å². The lowest BCUT2D eigenvalue weighted by Gasteiger charge is -2.15. The maximum Gasteiger partial charge on any atom is 0.241 e. The van der Waals surface area contributed by atoms with Crippen molar-refractivity contribution >= 4 is 21.8 Å². The molecule has 0 saturated heterocycles. The zero-order chi connectivity index (χ0) is 19.3. The van der Waals surface area contributed by atoms with Crippen LogP contribution in [0.5, 0.6) is 0 Å². The summed E-state index contributed by atoms with van der Waals surface area (Å²) < 4.78 is 38.8. The molecule has 1 atom stereocenters. The van der Waals surface area contributed by atoms with Crippen LogP contribution in [0.25, 0.3) is 0 Å². The number of hydrogen-bond donors (Lipinski definition) is 5. The summed E-state index contributed by atoms with van der Waals surface area (Å²) in [5.41, 5.74) is 14.0. The van der Waals surface area contributed by atoms with E-state index >= 15 is 0 Å². The van der Waals surface area contributed by atoms with Crippen LogP contribution in [0.15, 0.2) is 29.2 Å². The van der Waals surface area contributed by atoms with Gasteiger partial charge >= 0.3 is 0 Å². The average Bonchev–Trinajstić information content (AvgIpc) is 2.57. The topological polar surface area (TPSA) is 170 Å². The van der Waals surface area contributed by atoms with Crippen LogP contribution in [-0.4, -0.2) is 47.4 Å². The third-order valence-electron chi connectivity index (χ3n) is 2.39. The molecule has 8 N–H and O–H groups in total. The van der Waals surface area contributed by atoms with Crippen molar-refractivity contribution in [2.45, 2.75) is 17.4 Å². The average molecular weight is 365 g/mol. The molecule has 138 valence electrons. The van der Waals surface area contributed by atoms with E-state index < -0.39 is 40.1 Å². The summed E-state index contributed by atoms with van der Waals surface area (Å²) in [5.74, 6) is -2.13. The van der Waals surface area contributed by atoms with Gasteiger partial charge in [-0.05, 0) is 38.4 Å². The third kappa shape index (κ3) is 8.53. The monoisotopic (exact) mass is 365 g/mol. The van der Waals surface area contributed by atoms with E-state index in [0.717, 1.165) is 24.3 Å². The number of sulfonamides is 1. The van der Waals surface area contributed by atoms with Gasteiger partial charge in [-0.15, -0.1) is 0 Å². The first-order chi connectivity index (χ1) is 11.3. The number of hydrogen-bond acceptors (Lipinski definition) is 6. The van der Waals surface area contributed by atoms with Crippen LogP contribution in [0.2, 0.25) is 0 Å². The number of likely N-dealkylation sites (N-methyl/N-ethyl adjacent to an activating group) is 1. The summed E-state index contributed by atoms with van der Waals surface area (Å²) in [7, 11) is 0.232. The van der Waals surface area contributed by atoms with E-state index in [1.54, 1.807) is 0 Å². The first-order valence-electron chi connectivity index (χ1n) is 6.69. The van der Waals surface area contributed by atoms with Gasteiger partial charge in [0, 0.05) is 7.05 Å². The Kier molecular flexibility index (Phi) is 12.4. The Bertz CT molecular complexity index is 607. The maximum absolute atomic E-state index is 12.8. The van der Waals surface area contributed by atoms with Crippen molar-refractivity contribution in [3.8, 4) is 0 Å². The number of benzene rings is 1. The molecular weight excluding hydrogens is 341 g/mol. The van der Waals surface area contributed by atoms with Gasteiger partial charge in [0.15, 0.2) is 0 Å². The minimum absolute atomic E-state index is 0.225. The van der Waals surface area contributed by atoms with Crippen molar-refractivity contribution in [1.82, 2.24) is 10.0 Å². The van der Waals surface area contributed by atoms with Crippen LogP contribution in [0, 0.1) is 5.82 Å². The lowest BCUT2D eigenvalue weighted by Crippen LogP contribution is -2.47. The second kappa shape index (κ2) is 12.4. The first kappa shape index (κ1) is 24.2. The number of carbonyl (C=O) groups is 2. The number of carbonyl (C=O) groups excluding carboxylic acids is 2. The van der Waals surface area contributed by atoms with Crippen molar-refractivity contribution in [2.24, 2.45) is 17.2 Å². The van der Waals surface area contributed by atoms with Gasteiger partial charge in [-0.25, -0.2) is 12.8 Å². The van der Waals surface area contributed by atoms with Gasteiger partial charge in [-0.1, -0.05) is 0 Å². The summed E-state index contributed by atoms with van der Waals surface area (Å²) in [5, 5.41) is 2.22. The fourth-order valence-corrected chi connectivity index (χ4v) is 2.63. The Balaban J connectivity index is 0. The quantitative estimate of drug-likeness (QED) is 0.400. The Labute approximate surface area is 140 Å². The van der Waals surface area contributed by atoms with Gasteiger partial charge in [0.1, 0.15) is 11.9 Å². The number of rotatable bonds is 6. The fourth-order valence-electron chi connectivity index (χ4n) is 1.43. The van der Waals surface area contributed by atoms with E-state index in [9.17, 15) is 22.4 Å². The van der Waals surface area contributed by atoms with Crippen molar-refractivity contribution in [1.29, 1.82) is 0 Å². The normalized spacial score (nSPS) is 11.1. The zero-order valence-corrected chi connectivity index (χ0v) is 14.6. The Morgan fingerprint density at radius 3 is 1.96 bits per heavy atom. The van der Waals surface area contributed by atoms with Crippen LogP contribution in [0.1, 0.15) is 6.42 Å². The van der Waals surface area contributed by atoms with E-state index in [-0.39, 0.29) is 4.90 Å². The third-order valence-corrected chi connectivity index (χ3v) is 3.88. The van der Waals surface area contributed by atoms with Crippen LogP contribution in [0.3, 0.4) is 0 Å². The lowest BCUT2D eigenvalue weighted by molar-refractivity contribution is -0.126. The Morgan fingerprint density at radius 2 is 1.58 bits per heavy atom. The molecule has 0 bridgehead atoms. The molecule has 0 aliphatic heterocycles. The SMILES string of the molecule is CN.CN.CNC(=O)[C@H](CC(N)=O)NS(=O)(=O)c1ccc(F)cc1. The summed E-state index contributed by atoms with van der Waals surface area (Å²) in [6.45, 7) is 0. The van der Waals surface area contributed by atoms with Crippen molar-refractivity contribution < 1.29 is 22.4 Å². The molecule has 1 rings (SSSR count). The molecule has 1 aromatic rings. The van der Waals surface area contributed by atoms with Gasteiger partial charge in [-0.2, -0.15) is 4.72 Å².